The Labute approximate surface area is 155 Å². The normalized spacial score (nSPS) is 10.3. The Morgan fingerprint density at radius 1 is 1.24 bits per heavy atom. The largest absolute Gasteiger partial charge is 0.439 e. The van der Waals surface area contributed by atoms with Crippen LogP contribution in [0.1, 0.15) is 22.3 Å². The molecule has 5 nitrogen and oxygen atoms in total. The molecule has 7 heteroatoms. The number of halogens is 1. The molecule has 0 spiro atoms. The highest BCUT2D eigenvalue weighted by molar-refractivity contribution is 7.10. The summed E-state index contributed by atoms with van der Waals surface area (Å²) in [6.45, 7) is 4.62. The second kappa shape index (κ2) is 7.51. The van der Waals surface area contributed by atoms with E-state index in [-0.39, 0.29) is 5.15 Å². The molecule has 126 valence electrons. The molecule has 0 unspecified atom stereocenters. The van der Waals surface area contributed by atoms with Crippen LogP contribution >= 0.6 is 23.1 Å². The SMILES string of the molecule is Cc1ccc(Oc2cc(CNc3snc(Cl)c3C#N)ccn2)cc1C. The van der Waals surface area contributed by atoms with Crippen LogP contribution in [-0.4, -0.2) is 9.36 Å². The number of nitrogens with zero attached hydrogens (tertiary/aromatic N) is 3. The van der Waals surface area contributed by atoms with E-state index in [0.29, 0.717) is 23.0 Å². The van der Waals surface area contributed by atoms with Crippen LogP contribution in [-0.2, 0) is 6.54 Å². The van der Waals surface area contributed by atoms with Crippen LogP contribution in [0.2, 0.25) is 5.15 Å². The van der Waals surface area contributed by atoms with Crippen molar-refractivity contribution in [3.8, 4) is 17.7 Å². The van der Waals surface area contributed by atoms with Gasteiger partial charge in [-0.25, -0.2) is 4.98 Å². The smallest absolute Gasteiger partial charge is 0.219 e. The van der Waals surface area contributed by atoms with Gasteiger partial charge in [-0.1, -0.05) is 17.7 Å². The highest BCUT2D eigenvalue weighted by Crippen LogP contribution is 2.28. The third-order valence-electron chi connectivity index (χ3n) is 3.72. The minimum Gasteiger partial charge on any atom is -0.439 e. The van der Waals surface area contributed by atoms with E-state index in [0.717, 1.165) is 11.3 Å². The molecule has 0 aliphatic heterocycles. The van der Waals surface area contributed by atoms with Gasteiger partial charge < -0.3 is 10.1 Å². The van der Waals surface area contributed by atoms with Gasteiger partial charge in [0.2, 0.25) is 5.88 Å². The highest BCUT2D eigenvalue weighted by atomic mass is 35.5. The lowest BCUT2D eigenvalue weighted by Gasteiger charge is -2.09. The molecule has 1 aromatic carbocycles. The maximum Gasteiger partial charge on any atom is 0.219 e. The number of anilines is 1. The number of aryl methyl sites for hydroxylation is 2. The average molecular weight is 371 g/mol. The number of pyridine rings is 1. The Morgan fingerprint density at radius 3 is 2.84 bits per heavy atom. The first-order valence-electron chi connectivity index (χ1n) is 7.56. The topological polar surface area (TPSA) is 70.8 Å². The summed E-state index contributed by atoms with van der Waals surface area (Å²) < 4.78 is 9.81. The van der Waals surface area contributed by atoms with Gasteiger partial charge in [0, 0.05) is 18.8 Å². The van der Waals surface area contributed by atoms with Crippen LogP contribution in [0.4, 0.5) is 5.00 Å². The van der Waals surface area contributed by atoms with Gasteiger partial charge in [-0.15, -0.1) is 0 Å². The van der Waals surface area contributed by atoms with E-state index in [1.165, 1.54) is 22.7 Å². The van der Waals surface area contributed by atoms with E-state index in [2.05, 4.69) is 27.7 Å². The third-order valence-corrected chi connectivity index (χ3v) is 4.89. The van der Waals surface area contributed by atoms with Crippen molar-refractivity contribution in [1.82, 2.24) is 9.36 Å². The molecule has 2 heterocycles. The van der Waals surface area contributed by atoms with Gasteiger partial charge in [0.25, 0.3) is 0 Å². The van der Waals surface area contributed by atoms with Crippen LogP contribution < -0.4 is 10.1 Å². The first-order chi connectivity index (χ1) is 12.1. The standard InChI is InChI=1S/C18H15ClN4OS/c1-11-3-4-14(7-12(11)2)24-16-8-13(5-6-21-16)10-22-18-15(9-20)17(19)23-25-18/h3-8,22H,10H2,1-2H3. The Morgan fingerprint density at radius 2 is 2.08 bits per heavy atom. The molecule has 0 saturated heterocycles. The Hall–Kier alpha value is -2.62. The molecule has 25 heavy (non-hydrogen) atoms. The number of ether oxygens (including phenoxy) is 1. The lowest BCUT2D eigenvalue weighted by atomic mass is 10.1. The van der Waals surface area contributed by atoms with Crippen molar-refractivity contribution in [2.45, 2.75) is 20.4 Å². The number of nitrogens with one attached hydrogen (secondary N) is 1. The molecular formula is C18H15ClN4OS. The molecule has 3 rings (SSSR count). The van der Waals surface area contributed by atoms with Crippen LogP contribution in [0.15, 0.2) is 36.5 Å². The number of aromatic nitrogens is 2. The van der Waals surface area contributed by atoms with Gasteiger partial charge >= 0.3 is 0 Å². The van der Waals surface area contributed by atoms with Crippen LogP contribution in [0.3, 0.4) is 0 Å². The second-order valence-electron chi connectivity index (χ2n) is 5.49. The number of rotatable bonds is 5. The van der Waals surface area contributed by atoms with Gasteiger partial charge in [-0.05, 0) is 60.3 Å². The summed E-state index contributed by atoms with van der Waals surface area (Å²) in [6, 6.07) is 11.7. The van der Waals surface area contributed by atoms with Crippen molar-refractivity contribution in [2.24, 2.45) is 0 Å². The van der Waals surface area contributed by atoms with Crippen molar-refractivity contribution in [2.75, 3.05) is 5.32 Å². The van der Waals surface area contributed by atoms with Crippen LogP contribution in [0.5, 0.6) is 11.6 Å². The van der Waals surface area contributed by atoms with Crippen molar-refractivity contribution >= 4 is 28.1 Å². The predicted molar refractivity (Wildman–Crippen MR) is 99.4 cm³/mol. The fraction of sp³-hybridized carbons (Fsp3) is 0.167. The number of hydrogen-bond acceptors (Lipinski definition) is 6. The molecule has 0 aliphatic rings. The molecule has 0 atom stereocenters. The molecular weight excluding hydrogens is 356 g/mol. The quantitative estimate of drug-likeness (QED) is 0.677. The summed E-state index contributed by atoms with van der Waals surface area (Å²) in [5, 5.41) is 13.2. The molecule has 0 fully saturated rings. The zero-order chi connectivity index (χ0) is 17.8. The summed E-state index contributed by atoms with van der Waals surface area (Å²) in [4.78, 5) is 4.25. The van der Waals surface area contributed by atoms with Crippen molar-refractivity contribution in [3.63, 3.8) is 0 Å². The summed E-state index contributed by atoms with van der Waals surface area (Å²) in [7, 11) is 0. The van der Waals surface area contributed by atoms with Gasteiger partial charge in [0.1, 0.15) is 22.4 Å². The van der Waals surface area contributed by atoms with E-state index in [1.54, 1.807) is 6.20 Å². The van der Waals surface area contributed by atoms with E-state index in [9.17, 15) is 0 Å². The molecule has 3 aromatic rings. The molecule has 1 N–H and O–H groups in total. The maximum absolute atomic E-state index is 9.10. The van der Waals surface area contributed by atoms with E-state index < -0.39 is 0 Å². The highest BCUT2D eigenvalue weighted by Gasteiger charge is 2.11. The summed E-state index contributed by atoms with van der Waals surface area (Å²) in [5.41, 5.74) is 3.73. The first-order valence-corrected chi connectivity index (χ1v) is 8.71. The van der Waals surface area contributed by atoms with Crippen molar-refractivity contribution in [3.05, 3.63) is 63.9 Å². The number of hydrogen-bond donors (Lipinski definition) is 1. The molecule has 0 saturated carbocycles. The summed E-state index contributed by atoms with van der Waals surface area (Å²) in [6.07, 6.45) is 1.69. The van der Waals surface area contributed by atoms with Gasteiger partial charge in [0.15, 0.2) is 5.15 Å². The van der Waals surface area contributed by atoms with Crippen LogP contribution in [0, 0.1) is 25.2 Å². The van der Waals surface area contributed by atoms with Gasteiger partial charge in [-0.2, -0.15) is 9.64 Å². The fourth-order valence-corrected chi connectivity index (χ4v) is 3.11. The zero-order valence-corrected chi connectivity index (χ0v) is 15.3. The Balaban J connectivity index is 1.71. The average Bonchev–Trinajstić information content (AvgIpc) is 2.96. The zero-order valence-electron chi connectivity index (χ0n) is 13.7. The maximum atomic E-state index is 9.10. The molecule has 0 amide bonds. The molecule has 0 bridgehead atoms. The first kappa shape index (κ1) is 17.2. The van der Waals surface area contributed by atoms with E-state index in [4.69, 9.17) is 21.6 Å². The minimum absolute atomic E-state index is 0.225. The lowest BCUT2D eigenvalue weighted by molar-refractivity contribution is 0.462. The summed E-state index contributed by atoms with van der Waals surface area (Å²) >= 11 is 7.04. The second-order valence-corrected chi connectivity index (χ2v) is 6.62. The fourth-order valence-electron chi connectivity index (χ4n) is 2.18. The Kier molecular flexibility index (Phi) is 5.17. The van der Waals surface area contributed by atoms with Crippen molar-refractivity contribution in [1.29, 1.82) is 5.26 Å². The van der Waals surface area contributed by atoms with Gasteiger partial charge in [-0.3, -0.25) is 0 Å². The molecule has 0 radical (unpaired) electrons. The van der Waals surface area contributed by atoms with E-state index >= 15 is 0 Å². The summed E-state index contributed by atoms with van der Waals surface area (Å²) in [5.74, 6) is 1.27. The third kappa shape index (κ3) is 4.08. The molecule has 0 aliphatic carbocycles. The lowest BCUT2D eigenvalue weighted by Crippen LogP contribution is -2.00. The monoisotopic (exact) mass is 370 g/mol. The number of benzene rings is 1. The molecule has 2 aromatic heterocycles. The Bertz CT molecular complexity index is 948. The number of nitriles is 1. The minimum atomic E-state index is 0.225. The van der Waals surface area contributed by atoms with E-state index in [1.807, 2.05) is 37.3 Å². The van der Waals surface area contributed by atoms with Crippen LogP contribution in [0.25, 0.3) is 0 Å². The van der Waals surface area contributed by atoms with Crippen molar-refractivity contribution < 1.29 is 4.74 Å². The predicted octanol–water partition coefficient (Wildman–Crippen LogP) is 5.08. The van der Waals surface area contributed by atoms with Gasteiger partial charge in [0.05, 0.1) is 0 Å².